The van der Waals surface area contributed by atoms with Gasteiger partial charge in [-0.1, -0.05) is 37.2 Å². The van der Waals surface area contributed by atoms with Crippen molar-refractivity contribution in [2.75, 3.05) is 0 Å². The van der Waals surface area contributed by atoms with Crippen molar-refractivity contribution in [3.05, 3.63) is 52.6 Å². The van der Waals surface area contributed by atoms with Gasteiger partial charge >= 0.3 is 0 Å². The predicted octanol–water partition coefficient (Wildman–Crippen LogP) is 3.13. The number of hydrogen-bond acceptors (Lipinski definition) is 7. The summed E-state index contributed by atoms with van der Waals surface area (Å²) in [7, 11) is 0. The number of rotatable bonds is 6. The zero-order chi connectivity index (χ0) is 17.8. The largest absolute Gasteiger partial charge is 0.301 e. The van der Waals surface area contributed by atoms with E-state index in [0.717, 1.165) is 41.1 Å². The van der Waals surface area contributed by atoms with Crippen LogP contribution in [0.3, 0.4) is 0 Å². The lowest BCUT2D eigenvalue weighted by atomic mass is 10.1. The van der Waals surface area contributed by atoms with E-state index < -0.39 is 10.4 Å². The quantitative estimate of drug-likeness (QED) is 0.627. The molecule has 0 bridgehead atoms. The molecule has 0 saturated carbocycles. The number of nitrogens with two attached hydrogens (primary N) is 1. The minimum Gasteiger partial charge on any atom is -0.301 e. The molecule has 2 N–H and O–H groups in total. The lowest BCUT2D eigenvalue weighted by Gasteiger charge is -2.24. The molecule has 0 spiro atoms. The van der Waals surface area contributed by atoms with E-state index in [9.17, 15) is 10.1 Å². The molecule has 1 unspecified atom stereocenters. The molecule has 25 heavy (non-hydrogen) atoms. The van der Waals surface area contributed by atoms with Gasteiger partial charge in [0.15, 0.2) is 0 Å². The number of nitro benzene ring substituents is 1. The molecule has 1 aliphatic rings. The standard InChI is InChI=1S/C16H18N6O2S/c1-2-3-7-13-14(21-10-18-9-19-21)15(25-16(17)20-13)11-5-4-6-12(8-11)22(23)24/h4-6,8-10,16H,2-3,7,17H2,1H3. The van der Waals surface area contributed by atoms with Crippen LogP contribution in [0.2, 0.25) is 0 Å². The number of benzene rings is 1. The molecule has 9 heteroatoms. The van der Waals surface area contributed by atoms with Crippen LogP contribution in [0.1, 0.15) is 31.7 Å². The fourth-order valence-corrected chi connectivity index (χ4v) is 3.61. The maximum atomic E-state index is 11.1. The van der Waals surface area contributed by atoms with E-state index >= 15 is 0 Å². The fraction of sp³-hybridized carbons (Fsp3) is 0.312. The van der Waals surface area contributed by atoms with Gasteiger partial charge in [-0.25, -0.2) is 9.67 Å². The molecule has 1 aromatic heterocycles. The Morgan fingerprint density at radius 3 is 2.96 bits per heavy atom. The molecule has 2 aromatic rings. The van der Waals surface area contributed by atoms with Crippen LogP contribution in [0.25, 0.3) is 10.6 Å². The van der Waals surface area contributed by atoms with E-state index in [-0.39, 0.29) is 5.69 Å². The van der Waals surface area contributed by atoms with Crippen molar-refractivity contribution in [2.24, 2.45) is 10.7 Å². The third-order valence-electron chi connectivity index (χ3n) is 3.74. The van der Waals surface area contributed by atoms with Crippen molar-refractivity contribution in [3.8, 4) is 0 Å². The van der Waals surface area contributed by atoms with E-state index in [1.807, 2.05) is 6.07 Å². The molecule has 1 aromatic carbocycles. The second-order valence-electron chi connectivity index (χ2n) is 5.51. The van der Waals surface area contributed by atoms with E-state index in [2.05, 4.69) is 22.0 Å². The molecule has 3 rings (SSSR count). The van der Waals surface area contributed by atoms with Gasteiger partial charge in [0.1, 0.15) is 23.8 Å². The number of aromatic nitrogens is 3. The molecule has 0 aliphatic carbocycles. The molecule has 0 fully saturated rings. The SMILES string of the molecule is CCCCC1=NC(N)SC(c2cccc([N+](=O)[O-])c2)=C1n1cncn1. The number of non-ortho nitro benzene ring substituents is 1. The van der Waals surface area contributed by atoms with Crippen LogP contribution in [0.4, 0.5) is 5.69 Å². The van der Waals surface area contributed by atoms with Gasteiger partial charge in [-0.05, 0) is 18.4 Å². The first-order valence-corrected chi connectivity index (χ1v) is 8.81. The Labute approximate surface area is 149 Å². The fourth-order valence-electron chi connectivity index (χ4n) is 2.60. The average Bonchev–Trinajstić information content (AvgIpc) is 3.13. The monoisotopic (exact) mass is 358 g/mol. The number of aliphatic imine (C=N–C) groups is 1. The Morgan fingerprint density at radius 2 is 2.28 bits per heavy atom. The van der Waals surface area contributed by atoms with Gasteiger partial charge in [0.25, 0.3) is 5.69 Å². The Bertz CT molecular complexity index is 831. The van der Waals surface area contributed by atoms with Crippen LogP contribution in [0, 0.1) is 10.1 Å². The van der Waals surface area contributed by atoms with Crippen LogP contribution in [-0.4, -0.2) is 30.9 Å². The first-order valence-electron chi connectivity index (χ1n) is 7.93. The summed E-state index contributed by atoms with van der Waals surface area (Å²) >= 11 is 1.36. The molecule has 2 heterocycles. The Balaban J connectivity index is 2.15. The molecule has 1 aliphatic heterocycles. The van der Waals surface area contributed by atoms with Crippen molar-refractivity contribution in [1.29, 1.82) is 0 Å². The summed E-state index contributed by atoms with van der Waals surface area (Å²) in [6.45, 7) is 2.11. The first-order chi connectivity index (χ1) is 12.1. The van der Waals surface area contributed by atoms with E-state index in [0.29, 0.717) is 0 Å². The second kappa shape index (κ2) is 7.58. The Morgan fingerprint density at radius 1 is 1.44 bits per heavy atom. The minimum atomic E-state index is -0.451. The van der Waals surface area contributed by atoms with Crippen molar-refractivity contribution in [2.45, 2.75) is 31.7 Å². The van der Waals surface area contributed by atoms with Crippen molar-refractivity contribution >= 4 is 33.8 Å². The van der Waals surface area contributed by atoms with Gasteiger partial charge in [-0.2, -0.15) is 5.10 Å². The van der Waals surface area contributed by atoms with E-state index in [1.165, 1.54) is 24.2 Å². The summed E-state index contributed by atoms with van der Waals surface area (Å²) < 4.78 is 1.65. The van der Waals surface area contributed by atoms with Crippen LogP contribution in [-0.2, 0) is 0 Å². The minimum absolute atomic E-state index is 0.0368. The van der Waals surface area contributed by atoms with Crippen LogP contribution < -0.4 is 5.73 Å². The van der Waals surface area contributed by atoms with Gasteiger partial charge in [-0.3, -0.25) is 15.1 Å². The highest BCUT2D eigenvalue weighted by atomic mass is 32.2. The van der Waals surface area contributed by atoms with E-state index in [4.69, 9.17) is 5.73 Å². The summed E-state index contributed by atoms with van der Waals surface area (Å²) in [6, 6.07) is 6.53. The maximum Gasteiger partial charge on any atom is 0.270 e. The van der Waals surface area contributed by atoms with E-state index in [1.54, 1.807) is 23.1 Å². The Kier molecular flexibility index (Phi) is 5.25. The number of thioether (sulfide) groups is 1. The normalized spacial score (nSPS) is 17.5. The number of nitrogens with zero attached hydrogens (tertiary/aromatic N) is 5. The summed E-state index contributed by atoms with van der Waals surface area (Å²) in [5, 5.41) is 15.4. The van der Waals surface area contributed by atoms with Crippen LogP contribution in [0.15, 0.2) is 41.9 Å². The third-order valence-corrected chi connectivity index (χ3v) is 4.76. The molecule has 130 valence electrons. The number of unbranched alkanes of at least 4 members (excludes halogenated alkanes) is 1. The van der Waals surface area contributed by atoms with Crippen molar-refractivity contribution in [1.82, 2.24) is 14.8 Å². The average molecular weight is 358 g/mol. The number of hydrogen-bond donors (Lipinski definition) is 1. The Hall–Kier alpha value is -2.52. The predicted molar refractivity (Wildman–Crippen MR) is 98.8 cm³/mol. The maximum absolute atomic E-state index is 11.1. The van der Waals surface area contributed by atoms with Gasteiger partial charge in [0.2, 0.25) is 0 Å². The van der Waals surface area contributed by atoms with Crippen molar-refractivity contribution in [3.63, 3.8) is 0 Å². The van der Waals surface area contributed by atoms with Gasteiger partial charge < -0.3 is 5.73 Å². The molecule has 0 saturated heterocycles. The lowest BCUT2D eigenvalue weighted by Crippen LogP contribution is -2.23. The summed E-state index contributed by atoms with van der Waals surface area (Å²) in [4.78, 5) is 20.1. The highest BCUT2D eigenvalue weighted by molar-refractivity contribution is 8.09. The van der Waals surface area contributed by atoms with Crippen LogP contribution in [0.5, 0.6) is 0 Å². The van der Waals surface area contributed by atoms with Crippen molar-refractivity contribution < 1.29 is 4.92 Å². The van der Waals surface area contributed by atoms with Gasteiger partial charge in [0.05, 0.1) is 10.6 Å². The van der Waals surface area contributed by atoms with Crippen LogP contribution >= 0.6 is 11.8 Å². The second-order valence-corrected chi connectivity index (χ2v) is 6.64. The number of nitro groups is 1. The lowest BCUT2D eigenvalue weighted by molar-refractivity contribution is -0.384. The molecule has 0 radical (unpaired) electrons. The topological polar surface area (TPSA) is 112 Å². The van der Waals surface area contributed by atoms with Gasteiger partial charge in [-0.15, -0.1) is 0 Å². The highest BCUT2D eigenvalue weighted by Crippen LogP contribution is 2.40. The smallest absolute Gasteiger partial charge is 0.270 e. The molecular weight excluding hydrogens is 340 g/mol. The number of allylic oxidation sites excluding steroid dienone is 1. The third kappa shape index (κ3) is 3.77. The molecular formula is C16H18N6O2S. The molecule has 1 atom stereocenters. The highest BCUT2D eigenvalue weighted by Gasteiger charge is 2.26. The summed E-state index contributed by atoms with van der Waals surface area (Å²) in [5.74, 6) is 0. The van der Waals surface area contributed by atoms with Gasteiger partial charge in [0, 0.05) is 17.0 Å². The zero-order valence-corrected chi connectivity index (χ0v) is 14.5. The molecule has 8 nitrogen and oxygen atoms in total. The first kappa shape index (κ1) is 17.3. The summed E-state index contributed by atoms with van der Waals surface area (Å²) in [6.07, 6.45) is 5.81. The molecule has 0 amide bonds. The zero-order valence-electron chi connectivity index (χ0n) is 13.7. The summed E-state index contributed by atoms with van der Waals surface area (Å²) in [5.41, 5.74) is 8.05.